The molecule has 0 aromatic heterocycles. The van der Waals surface area contributed by atoms with Gasteiger partial charge in [-0.05, 0) is 24.6 Å². The molecule has 0 unspecified atom stereocenters. The molecule has 3 rings (SSSR count). The highest BCUT2D eigenvalue weighted by Crippen LogP contribution is 2.11. The van der Waals surface area contributed by atoms with Gasteiger partial charge >= 0.3 is 0 Å². The minimum atomic E-state index is -0.161. The van der Waals surface area contributed by atoms with Crippen molar-refractivity contribution in [3.8, 4) is 0 Å². The lowest BCUT2D eigenvalue weighted by atomic mass is 10.0. The number of nitrogens with zero attached hydrogens (tertiary/aromatic N) is 2. The van der Waals surface area contributed by atoms with E-state index >= 15 is 0 Å². The van der Waals surface area contributed by atoms with Crippen LogP contribution in [0.2, 0.25) is 0 Å². The van der Waals surface area contributed by atoms with Gasteiger partial charge in [0, 0.05) is 16.8 Å². The first-order valence-electron chi connectivity index (χ1n) is 8.28. The standard InChI is InChI=1S/C22H19N3O/c1-16(17-12-14-20(23)15-13-17)24-25-21(18-8-4-2-5-9-18)22(26)19-10-6-3-7-11-19/h2-15H,23H2,1H3/b24-16+,25-21+. The van der Waals surface area contributed by atoms with Crippen molar-refractivity contribution in [2.45, 2.75) is 6.92 Å². The topological polar surface area (TPSA) is 67.8 Å². The highest BCUT2D eigenvalue weighted by atomic mass is 16.1. The lowest BCUT2D eigenvalue weighted by Gasteiger charge is -2.05. The number of carbonyl (C=O) groups is 1. The van der Waals surface area contributed by atoms with Crippen molar-refractivity contribution in [1.29, 1.82) is 0 Å². The molecule has 0 radical (unpaired) electrons. The largest absolute Gasteiger partial charge is 0.399 e. The van der Waals surface area contributed by atoms with E-state index in [-0.39, 0.29) is 5.78 Å². The van der Waals surface area contributed by atoms with Crippen molar-refractivity contribution in [2.24, 2.45) is 10.2 Å². The number of hydrogen-bond acceptors (Lipinski definition) is 4. The SMILES string of the molecule is C/C(=N\N=C(\C(=O)c1ccccc1)c1ccccc1)c1ccc(N)cc1. The van der Waals surface area contributed by atoms with E-state index in [0.29, 0.717) is 22.7 Å². The van der Waals surface area contributed by atoms with E-state index in [9.17, 15) is 4.79 Å². The maximum atomic E-state index is 12.9. The number of anilines is 1. The number of nitrogen functional groups attached to an aromatic ring is 1. The smallest absolute Gasteiger partial charge is 0.213 e. The van der Waals surface area contributed by atoms with Gasteiger partial charge in [0.05, 0.1) is 5.71 Å². The lowest BCUT2D eigenvalue weighted by molar-refractivity contribution is 0.106. The van der Waals surface area contributed by atoms with Gasteiger partial charge in [0.1, 0.15) is 5.71 Å². The predicted octanol–water partition coefficient (Wildman–Crippen LogP) is 4.37. The highest BCUT2D eigenvalue weighted by molar-refractivity contribution is 6.51. The maximum absolute atomic E-state index is 12.9. The third-order valence-electron chi connectivity index (χ3n) is 3.93. The molecule has 0 atom stereocenters. The minimum absolute atomic E-state index is 0.161. The van der Waals surface area contributed by atoms with Gasteiger partial charge in [-0.15, -0.1) is 5.10 Å². The second-order valence-electron chi connectivity index (χ2n) is 5.82. The zero-order valence-corrected chi connectivity index (χ0v) is 14.5. The molecular formula is C22H19N3O. The van der Waals surface area contributed by atoms with Gasteiger partial charge in [-0.3, -0.25) is 4.79 Å². The minimum Gasteiger partial charge on any atom is -0.399 e. The van der Waals surface area contributed by atoms with Crippen molar-refractivity contribution in [3.63, 3.8) is 0 Å². The molecule has 0 saturated heterocycles. The number of hydrogen-bond donors (Lipinski definition) is 1. The Morgan fingerprint density at radius 1 is 0.692 bits per heavy atom. The Balaban J connectivity index is 2.00. The van der Waals surface area contributed by atoms with Crippen LogP contribution in [0, 0.1) is 0 Å². The Morgan fingerprint density at radius 3 is 1.81 bits per heavy atom. The monoisotopic (exact) mass is 341 g/mol. The van der Waals surface area contributed by atoms with E-state index < -0.39 is 0 Å². The summed E-state index contributed by atoms with van der Waals surface area (Å²) in [5.74, 6) is -0.161. The number of Topliss-reactive ketones (excluding diaryl/α,β-unsaturated/α-hetero) is 1. The number of nitrogens with two attached hydrogens (primary N) is 1. The summed E-state index contributed by atoms with van der Waals surface area (Å²) in [7, 11) is 0. The Labute approximate surface area is 152 Å². The first-order valence-corrected chi connectivity index (χ1v) is 8.28. The molecule has 2 N–H and O–H groups in total. The molecule has 0 saturated carbocycles. The Morgan fingerprint density at radius 2 is 1.23 bits per heavy atom. The molecule has 3 aromatic rings. The van der Waals surface area contributed by atoms with E-state index in [2.05, 4.69) is 10.2 Å². The fourth-order valence-electron chi connectivity index (χ4n) is 2.46. The zero-order chi connectivity index (χ0) is 18.4. The molecule has 4 heteroatoms. The fraction of sp³-hybridized carbons (Fsp3) is 0.0455. The summed E-state index contributed by atoms with van der Waals surface area (Å²) >= 11 is 0. The van der Waals surface area contributed by atoms with Crippen LogP contribution in [0.15, 0.2) is 95.1 Å². The Kier molecular flexibility index (Phi) is 5.34. The molecule has 26 heavy (non-hydrogen) atoms. The number of benzene rings is 3. The first kappa shape index (κ1) is 17.3. The fourth-order valence-corrected chi connectivity index (χ4v) is 2.46. The molecule has 4 nitrogen and oxygen atoms in total. The van der Waals surface area contributed by atoms with Crippen LogP contribution in [0.25, 0.3) is 0 Å². The van der Waals surface area contributed by atoms with Crippen molar-refractivity contribution < 1.29 is 4.79 Å². The van der Waals surface area contributed by atoms with Gasteiger partial charge < -0.3 is 5.73 Å². The van der Waals surface area contributed by atoms with E-state index in [1.54, 1.807) is 12.1 Å². The van der Waals surface area contributed by atoms with Crippen molar-refractivity contribution in [3.05, 3.63) is 102 Å². The summed E-state index contributed by atoms with van der Waals surface area (Å²) < 4.78 is 0. The van der Waals surface area contributed by atoms with Crippen molar-refractivity contribution in [1.82, 2.24) is 0 Å². The maximum Gasteiger partial charge on any atom is 0.213 e. The molecule has 3 aromatic carbocycles. The normalized spacial score (nSPS) is 12.0. The summed E-state index contributed by atoms with van der Waals surface area (Å²) in [6.07, 6.45) is 0. The number of rotatable bonds is 5. The molecule has 0 aliphatic rings. The molecule has 0 bridgehead atoms. The van der Waals surface area contributed by atoms with Crippen LogP contribution in [0.3, 0.4) is 0 Å². The molecule has 0 spiro atoms. The molecule has 0 amide bonds. The Hall–Kier alpha value is -3.53. The van der Waals surface area contributed by atoms with E-state index in [1.165, 1.54) is 0 Å². The molecule has 0 aliphatic heterocycles. The highest BCUT2D eigenvalue weighted by Gasteiger charge is 2.16. The van der Waals surface area contributed by atoms with Crippen LogP contribution >= 0.6 is 0 Å². The second-order valence-corrected chi connectivity index (χ2v) is 5.82. The number of ketones is 1. The van der Waals surface area contributed by atoms with Gasteiger partial charge in [-0.1, -0.05) is 72.8 Å². The quantitative estimate of drug-likeness (QED) is 0.324. The van der Waals surface area contributed by atoms with Gasteiger partial charge in [0.25, 0.3) is 0 Å². The first-order chi connectivity index (χ1) is 12.6. The summed E-state index contributed by atoms with van der Waals surface area (Å²) in [5.41, 5.74) is 9.64. The zero-order valence-electron chi connectivity index (χ0n) is 14.5. The van der Waals surface area contributed by atoms with Crippen LogP contribution in [-0.4, -0.2) is 17.2 Å². The van der Waals surface area contributed by atoms with E-state index in [4.69, 9.17) is 5.73 Å². The van der Waals surface area contributed by atoms with Crippen LogP contribution in [-0.2, 0) is 0 Å². The van der Waals surface area contributed by atoms with Crippen LogP contribution in [0.5, 0.6) is 0 Å². The average molecular weight is 341 g/mol. The summed E-state index contributed by atoms with van der Waals surface area (Å²) in [6.45, 7) is 1.85. The molecular weight excluding hydrogens is 322 g/mol. The predicted molar refractivity (Wildman–Crippen MR) is 107 cm³/mol. The molecule has 0 aliphatic carbocycles. The van der Waals surface area contributed by atoms with E-state index in [1.807, 2.05) is 79.7 Å². The summed E-state index contributed by atoms with van der Waals surface area (Å²) in [5, 5.41) is 8.58. The molecule has 0 heterocycles. The van der Waals surface area contributed by atoms with Crippen molar-refractivity contribution >= 4 is 22.9 Å². The van der Waals surface area contributed by atoms with Gasteiger partial charge in [-0.25, -0.2) is 0 Å². The van der Waals surface area contributed by atoms with Crippen LogP contribution in [0.4, 0.5) is 5.69 Å². The molecule has 128 valence electrons. The van der Waals surface area contributed by atoms with Gasteiger partial charge in [0.2, 0.25) is 5.78 Å². The third-order valence-corrected chi connectivity index (χ3v) is 3.93. The summed E-state index contributed by atoms with van der Waals surface area (Å²) in [6, 6.07) is 25.8. The Bertz CT molecular complexity index is 944. The third kappa shape index (κ3) is 4.11. The second kappa shape index (κ2) is 8.03. The molecule has 0 fully saturated rings. The lowest BCUT2D eigenvalue weighted by Crippen LogP contribution is -2.15. The number of carbonyl (C=O) groups excluding carboxylic acids is 1. The van der Waals surface area contributed by atoms with Crippen molar-refractivity contribution in [2.75, 3.05) is 5.73 Å². The van der Waals surface area contributed by atoms with Crippen LogP contribution < -0.4 is 5.73 Å². The van der Waals surface area contributed by atoms with Gasteiger partial charge in [-0.2, -0.15) is 5.10 Å². The van der Waals surface area contributed by atoms with Crippen LogP contribution in [0.1, 0.15) is 28.4 Å². The van der Waals surface area contributed by atoms with E-state index in [0.717, 1.165) is 11.1 Å². The average Bonchev–Trinajstić information content (AvgIpc) is 2.70. The van der Waals surface area contributed by atoms with Gasteiger partial charge in [0.15, 0.2) is 0 Å². The summed E-state index contributed by atoms with van der Waals surface area (Å²) in [4.78, 5) is 12.9.